The highest BCUT2D eigenvalue weighted by molar-refractivity contribution is 7.46. The molecule has 0 atom stereocenters. The van der Waals surface area contributed by atoms with Gasteiger partial charge in [-0.2, -0.15) is 0 Å². The van der Waals surface area contributed by atoms with E-state index in [1.165, 1.54) is 37.9 Å². The summed E-state index contributed by atoms with van der Waals surface area (Å²) in [5.74, 6) is 0.665. The lowest BCUT2D eigenvalue weighted by Crippen LogP contribution is -2.01. The predicted molar refractivity (Wildman–Crippen MR) is 222 cm³/mol. The van der Waals surface area contributed by atoms with E-state index in [2.05, 4.69) is 141 Å². The fourth-order valence-corrected chi connectivity index (χ4v) is 8.47. The van der Waals surface area contributed by atoms with Gasteiger partial charge in [0.2, 0.25) is 0 Å². The van der Waals surface area contributed by atoms with Gasteiger partial charge in [-0.25, -0.2) is 9.97 Å². The van der Waals surface area contributed by atoms with Gasteiger partial charge >= 0.3 is 0 Å². The summed E-state index contributed by atoms with van der Waals surface area (Å²) < 4.78 is 6.37. The zero-order chi connectivity index (χ0) is 34.8. The van der Waals surface area contributed by atoms with Crippen LogP contribution in [-0.4, -0.2) is 16.3 Å². The van der Waals surface area contributed by atoms with Crippen molar-refractivity contribution >= 4 is 74.1 Å². The van der Waals surface area contributed by atoms with E-state index in [1.807, 2.05) is 30.3 Å². The molecule has 2 heterocycles. The molecule has 0 amide bonds. The number of nitrogens with zero attached hydrogens (tertiary/aromatic N) is 2. The molecule has 52 heavy (non-hydrogen) atoms. The van der Waals surface area contributed by atoms with Crippen LogP contribution in [-0.2, 0) is 0 Å². The van der Waals surface area contributed by atoms with Crippen LogP contribution in [0.5, 0.6) is 0 Å². The first-order chi connectivity index (χ1) is 25.7. The molecular formula is C48H31N2OP. The predicted octanol–water partition coefficient (Wildman–Crippen LogP) is 12.8. The summed E-state index contributed by atoms with van der Waals surface area (Å²) in [5.41, 5.74) is 9.85. The molecule has 0 aliphatic carbocycles. The maximum absolute atomic E-state index is 6.37. The maximum atomic E-state index is 6.37. The molecule has 0 saturated carbocycles. The second-order valence-corrected chi connectivity index (χ2v) is 14.1. The summed E-state index contributed by atoms with van der Waals surface area (Å²) in [5, 5.41) is 10.8. The normalized spacial score (nSPS) is 11.8. The Hall–Kier alpha value is -6.41. The third-order valence-electron chi connectivity index (χ3n) is 10.3. The summed E-state index contributed by atoms with van der Waals surface area (Å²) in [4.78, 5) is 10.7. The molecule has 10 aromatic rings. The lowest BCUT2D eigenvalue weighted by atomic mass is 9.91. The van der Waals surface area contributed by atoms with Gasteiger partial charge < -0.3 is 4.42 Å². The number of fused-ring (bicyclic) bond motifs is 9. The Kier molecular flexibility index (Phi) is 7.09. The Morgan fingerprint density at radius 2 is 1.00 bits per heavy atom. The average molecular weight is 683 g/mol. The topological polar surface area (TPSA) is 38.9 Å². The summed E-state index contributed by atoms with van der Waals surface area (Å²) in [6.07, 6.45) is 4.19. The highest BCUT2D eigenvalue weighted by atomic mass is 31.1. The van der Waals surface area contributed by atoms with Gasteiger partial charge in [0.1, 0.15) is 11.2 Å². The molecule has 0 bridgehead atoms. The van der Waals surface area contributed by atoms with Gasteiger partial charge in [0.15, 0.2) is 5.82 Å². The highest BCUT2D eigenvalue weighted by Gasteiger charge is 2.21. The Bertz CT molecular complexity index is 3020. The quantitative estimate of drug-likeness (QED) is 0.134. The first kappa shape index (κ1) is 30.4. The van der Waals surface area contributed by atoms with Gasteiger partial charge in [-0.15, -0.1) is 0 Å². The minimum atomic E-state index is 0.665. The molecule has 0 fully saturated rings. The summed E-state index contributed by atoms with van der Waals surface area (Å²) in [6, 6.07) is 55.8. The van der Waals surface area contributed by atoms with Crippen molar-refractivity contribution in [2.75, 3.05) is 0 Å². The standard InChI is InChI=1S/C48H31N2OP/c1-29-46(30-13-4-3-5-14-30)49-48(39-21-11-22-41-44(39)45-42(51-41)23-12-24-43(45)52-2)50-47(29)33-16-10-15-31(27-33)32-25-26-38-36-19-7-6-17-34(36)35-18-8-9-20-37(35)40(38)28-32/h3-28H,2H2,1H3. The lowest BCUT2D eigenvalue weighted by molar-refractivity contribution is 0.669. The molecular weight excluding hydrogens is 652 g/mol. The molecule has 0 N–H and O–H groups in total. The minimum absolute atomic E-state index is 0.665. The van der Waals surface area contributed by atoms with Crippen LogP contribution in [0.15, 0.2) is 162 Å². The van der Waals surface area contributed by atoms with Crippen molar-refractivity contribution in [1.82, 2.24) is 9.97 Å². The number of aromatic nitrogens is 2. The third-order valence-corrected chi connectivity index (χ3v) is 11.0. The monoisotopic (exact) mass is 682 g/mol. The fraction of sp³-hybridized carbons (Fsp3) is 0.0208. The zero-order valence-corrected chi connectivity index (χ0v) is 29.4. The molecule has 3 nitrogen and oxygen atoms in total. The number of hydrogen-bond donors (Lipinski definition) is 0. The minimum Gasteiger partial charge on any atom is -0.456 e. The molecule has 8 aromatic carbocycles. The molecule has 0 unspecified atom stereocenters. The van der Waals surface area contributed by atoms with Gasteiger partial charge in [-0.05, 0) is 80.7 Å². The van der Waals surface area contributed by atoms with Crippen LogP contribution >= 0.6 is 8.20 Å². The molecule has 0 aliphatic heterocycles. The molecule has 4 heteroatoms. The lowest BCUT2D eigenvalue weighted by Gasteiger charge is -2.15. The average Bonchev–Trinajstić information content (AvgIpc) is 3.61. The van der Waals surface area contributed by atoms with Crippen molar-refractivity contribution in [1.29, 1.82) is 0 Å². The van der Waals surface area contributed by atoms with E-state index in [-0.39, 0.29) is 0 Å². The zero-order valence-electron chi connectivity index (χ0n) is 28.5. The van der Waals surface area contributed by atoms with Crippen molar-refractivity contribution in [2.45, 2.75) is 6.92 Å². The van der Waals surface area contributed by atoms with Gasteiger partial charge in [-0.1, -0.05) is 142 Å². The van der Waals surface area contributed by atoms with E-state index in [4.69, 9.17) is 14.4 Å². The second kappa shape index (κ2) is 12.1. The number of rotatable bonds is 5. The van der Waals surface area contributed by atoms with Crippen LogP contribution < -0.4 is 5.30 Å². The van der Waals surface area contributed by atoms with Gasteiger partial charge in [0, 0.05) is 38.3 Å². The molecule has 0 radical (unpaired) electrons. The second-order valence-electron chi connectivity index (χ2n) is 13.3. The molecule has 244 valence electrons. The summed E-state index contributed by atoms with van der Waals surface area (Å²) in [7, 11) is 0.929. The van der Waals surface area contributed by atoms with Crippen LogP contribution in [0.3, 0.4) is 0 Å². The van der Waals surface area contributed by atoms with Crippen LogP contribution in [0.25, 0.3) is 99.3 Å². The summed E-state index contributed by atoms with van der Waals surface area (Å²) >= 11 is 0. The van der Waals surface area contributed by atoms with Crippen molar-refractivity contribution < 1.29 is 4.42 Å². The van der Waals surface area contributed by atoms with Gasteiger partial charge in [0.05, 0.1) is 11.4 Å². The number of hydrogen-bond acceptors (Lipinski definition) is 3. The van der Waals surface area contributed by atoms with Crippen LogP contribution in [0.4, 0.5) is 0 Å². The van der Waals surface area contributed by atoms with E-state index in [1.54, 1.807) is 0 Å². The van der Waals surface area contributed by atoms with Crippen molar-refractivity contribution in [3.8, 4) is 45.0 Å². The van der Waals surface area contributed by atoms with Crippen molar-refractivity contribution in [2.24, 2.45) is 0 Å². The summed E-state index contributed by atoms with van der Waals surface area (Å²) in [6.45, 7) is 2.13. The largest absolute Gasteiger partial charge is 0.456 e. The van der Waals surface area contributed by atoms with Crippen molar-refractivity contribution in [3.05, 3.63) is 163 Å². The Labute approximate surface area is 302 Å². The van der Waals surface area contributed by atoms with Crippen LogP contribution in [0.2, 0.25) is 0 Å². The van der Waals surface area contributed by atoms with Crippen molar-refractivity contribution in [3.63, 3.8) is 0 Å². The third kappa shape index (κ3) is 4.78. The SMILES string of the molecule is C=Pc1cccc2oc3cccc(-c4nc(-c5ccccc5)c(C)c(-c5cccc(-c6ccc7c8ccccc8c8ccccc8c7c6)c5)n4)c3c12. The smallest absolute Gasteiger partial charge is 0.161 e. The van der Waals surface area contributed by atoms with E-state index in [0.29, 0.717) is 5.82 Å². The highest BCUT2D eigenvalue weighted by Crippen LogP contribution is 2.40. The van der Waals surface area contributed by atoms with E-state index in [0.717, 1.165) is 74.7 Å². The van der Waals surface area contributed by atoms with Crippen LogP contribution in [0.1, 0.15) is 5.56 Å². The molecule has 2 aromatic heterocycles. The fourth-order valence-electron chi connectivity index (χ4n) is 7.89. The number of benzene rings is 8. The molecule has 10 rings (SSSR count). The first-order valence-corrected chi connectivity index (χ1v) is 18.5. The van der Waals surface area contributed by atoms with E-state index in [9.17, 15) is 0 Å². The Morgan fingerprint density at radius 3 is 1.71 bits per heavy atom. The molecule has 0 aliphatic rings. The van der Waals surface area contributed by atoms with E-state index < -0.39 is 0 Å². The van der Waals surface area contributed by atoms with Gasteiger partial charge in [-0.3, -0.25) is 0 Å². The first-order valence-electron chi connectivity index (χ1n) is 17.5. The number of furan rings is 1. The molecule has 0 saturated heterocycles. The molecule has 0 spiro atoms. The van der Waals surface area contributed by atoms with E-state index >= 15 is 0 Å². The van der Waals surface area contributed by atoms with Gasteiger partial charge in [0.25, 0.3) is 0 Å². The van der Waals surface area contributed by atoms with Crippen LogP contribution in [0, 0.1) is 6.92 Å². The maximum Gasteiger partial charge on any atom is 0.161 e. The Balaban J connectivity index is 1.19. The Morgan fingerprint density at radius 1 is 0.462 bits per heavy atom.